The summed E-state index contributed by atoms with van der Waals surface area (Å²) in [4.78, 5) is 14.2. The highest BCUT2D eigenvalue weighted by atomic mass is 79.9. The molecule has 2 rings (SSSR count). The molecule has 0 saturated carbocycles. The summed E-state index contributed by atoms with van der Waals surface area (Å²) in [5, 5.41) is 0.651. The van der Waals surface area contributed by atoms with Crippen molar-refractivity contribution in [2.45, 2.75) is 13.0 Å². The summed E-state index contributed by atoms with van der Waals surface area (Å²) in [5.74, 6) is 0.144. The lowest BCUT2D eigenvalue weighted by Gasteiger charge is -2.17. The average Bonchev–Trinajstić information content (AvgIpc) is 2.48. The molecule has 0 unspecified atom stereocenters. The van der Waals surface area contributed by atoms with E-state index >= 15 is 0 Å². The van der Waals surface area contributed by atoms with E-state index in [2.05, 4.69) is 26.9 Å². The molecule has 0 aliphatic heterocycles. The maximum atomic E-state index is 12.1. The summed E-state index contributed by atoms with van der Waals surface area (Å²) in [5.41, 5.74) is 1.94. The third-order valence-electron chi connectivity index (χ3n) is 3.28. The van der Waals surface area contributed by atoms with Gasteiger partial charge in [-0.3, -0.25) is 4.79 Å². The van der Waals surface area contributed by atoms with Crippen molar-refractivity contribution in [2.24, 2.45) is 0 Å². The Hall–Kier alpha value is -1.16. The van der Waals surface area contributed by atoms with Gasteiger partial charge in [0.1, 0.15) is 0 Å². The van der Waals surface area contributed by atoms with E-state index in [1.807, 2.05) is 25.2 Å². The molecule has 0 spiro atoms. The van der Waals surface area contributed by atoms with E-state index in [4.69, 9.17) is 11.6 Å². The maximum Gasteiger partial charge on any atom is 0.164 e. The van der Waals surface area contributed by atoms with Gasteiger partial charge in [-0.1, -0.05) is 45.7 Å². The fourth-order valence-corrected chi connectivity index (χ4v) is 2.61. The minimum absolute atomic E-state index is 0.144. The molecule has 21 heavy (non-hydrogen) atoms. The molecule has 0 heterocycles. The second-order valence-corrected chi connectivity index (χ2v) is 6.30. The number of ketones is 1. The maximum absolute atomic E-state index is 12.1. The zero-order valence-electron chi connectivity index (χ0n) is 11.9. The van der Waals surface area contributed by atoms with Crippen molar-refractivity contribution in [2.75, 3.05) is 13.6 Å². The lowest BCUT2D eigenvalue weighted by molar-refractivity contribution is 0.0968. The van der Waals surface area contributed by atoms with Gasteiger partial charge in [0.15, 0.2) is 5.78 Å². The quantitative estimate of drug-likeness (QED) is 0.684. The van der Waals surface area contributed by atoms with Crippen LogP contribution >= 0.6 is 27.5 Å². The van der Waals surface area contributed by atoms with Crippen LogP contribution in [0.2, 0.25) is 5.02 Å². The van der Waals surface area contributed by atoms with E-state index < -0.39 is 0 Å². The van der Waals surface area contributed by atoms with Crippen molar-refractivity contribution in [3.05, 3.63) is 69.2 Å². The minimum Gasteiger partial charge on any atom is -0.302 e. The molecule has 2 aromatic carbocycles. The Morgan fingerprint density at radius 3 is 2.48 bits per heavy atom. The first-order chi connectivity index (χ1) is 10.1. The fourth-order valence-electron chi connectivity index (χ4n) is 2.07. The molecular weight excluding hydrogens is 350 g/mol. The molecule has 0 radical (unpaired) electrons. The average molecular weight is 367 g/mol. The fraction of sp³-hybridized carbons (Fsp3) is 0.235. The number of carbonyl (C=O) groups excluding carboxylic acids is 1. The second-order valence-electron chi connectivity index (χ2n) is 5.01. The van der Waals surface area contributed by atoms with E-state index in [1.54, 1.807) is 24.3 Å². The summed E-state index contributed by atoms with van der Waals surface area (Å²) in [7, 11) is 2.02. The van der Waals surface area contributed by atoms with Crippen molar-refractivity contribution >= 4 is 33.3 Å². The van der Waals surface area contributed by atoms with Gasteiger partial charge < -0.3 is 4.90 Å². The molecule has 0 aliphatic rings. The summed E-state index contributed by atoms with van der Waals surface area (Å²) < 4.78 is 1.10. The first-order valence-corrected chi connectivity index (χ1v) is 7.94. The van der Waals surface area contributed by atoms with Crippen LogP contribution in [-0.4, -0.2) is 24.3 Å². The number of rotatable bonds is 6. The molecular formula is C17H17BrClNO. The molecule has 4 heteroatoms. The molecule has 0 fully saturated rings. The number of nitrogens with zero attached hydrogens (tertiary/aromatic N) is 1. The largest absolute Gasteiger partial charge is 0.302 e. The Bertz CT molecular complexity index is 612. The molecule has 110 valence electrons. The van der Waals surface area contributed by atoms with E-state index in [0.717, 1.165) is 17.6 Å². The van der Waals surface area contributed by atoms with E-state index in [0.29, 0.717) is 17.0 Å². The van der Waals surface area contributed by atoms with Crippen LogP contribution in [0.5, 0.6) is 0 Å². The van der Waals surface area contributed by atoms with E-state index in [-0.39, 0.29) is 5.78 Å². The van der Waals surface area contributed by atoms with Gasteiger partial charge in [-0.05, 0) is 42.9 Å². The Labute approximate surface area is 138 Å². The van der Waals surface area contributed by atoms with Crippen LogP contribution in [0.15, 0.2) is 53.0 Å². The standard InChI is InChI=1S/C17H17BrClNO/c1-20(12-14-4-2-3-5-16(14)18)11-10-17(21)13-6-8-15(19)9-7-13/h2-9H,10-12H2,1H3. The molecule has 0 bridgehead atoms. The molecule has 0 atom stereocenters. The molecule has 0 N–H and O–H groups in total. The molecule has 0 saturated heterocycles. The highest BCUT2D eigenvalue weighted by molar-refractivity contribution is 9.10. The van der Waals surface area contributed by atoms with Gasteiger partial charge in [0.2, 0.25) is 0 Å². The molecule has 0 aromatic heterocycles. The van der Waals surface area contributed by atoms with Crippen LogP contribution in [-0.2, 0) is 6.54 Å². The number of benzene rings is 2. The first kappa shape index (κ1) is 16.2. The van der Waals surface area contributed by atoms with Crippen LogP contribution in [0.3, 0.4) is 0 Å². The van der Waals surface area contributed by atoms with Crippen LogP contribution in [0.25, 0.3) is 0 Å². The lowest BCUT2D eigenvalue weighted by Crippen LogP contribution is -2.21. The van der Waals surface area contributed by atoms with Gasteiger partial charge in [-0.25, -0.2) is 0 Å². The lowest BCUT2D eigenvalue weighted by atomic mass is 10.1. The molecule has 2 aromatic rings. The van der Waals surface area contributed by atoms with Crippen molar-refractivity contribution in [3.63, 3.8) is 0 Å². The third kappa shape index (κ3) is 4.95. The van der Waals surface area contributed by atoms with Crippen LogP contribution in [0.1, 0.15) is 22.3 Å². The molecule has 0 aliphatic carbocycles. The van der Waals surface area contributed by atoms with Gasteiger partial charge in [0.05, 0.1) is 0 Å². The van der Waals surface area contributed by atoms with Crippen LogP contribution in [0.4, 0.5) is 0 Å². The zero-order valence-corrected chi connectivity index (χ0v) is 14.2. The number of halogens is 2. The Kier molecular flexibility index (Phi) is 5.97. The summed E-state index contributed by atoms with van der Waals surface area (Å²) in [6.45, 7) is 1.54. The first-order valence-electron chi connectivity index (χ1n) is 6.77. The predicted molar refractivity (Wildman–Crippen MR) is 90.9 cm³/mol. The minimum atomic E-state index is 0.144. The summed E-state index contributed by atoms with van der Waals surface area (Å²) >= 11 is 9.37. The SMILES string of the molecule is CN(CCC(=O)c1ccc(Cl)cc1)Cc1ccccc1Br. The molecule has 0 amide bonds. The second kappa shape index (κ2) is 7.74. The number of carbonyl (C=O) groups is 1. The van der Waals surface area contributed by atoms with Gasteiger partial charge in [-0.15, -0.1) is 0 Å². The summed E-state index contributed by atoms with van der Waals surface area (Å²) in [6, 6.07) is 15.2. The van der Waals surface area contributed by atoms with Crippen molar-refractivity contribution < 1.29 is 4.79 Å². The highest BCUT2D eigenvalue weighted by Gasteiger charge is 2.09. The zero-order chi connectivity index (χ0) is 15.2. The number of hydrogen-bond acceptors (Lipinski definition) is 2. The van der Waals surface area contributed by atoms with Crippen LogP contribution in [0, 0.1) is 0 Å². The Morgan fingerprint density at radius 1 is 1.14 bits per heavy atom. The topological polar surface area (TPSA) is 20.3 Å². The number of hydrogen-bond donors (Lipinski definition) is 0. The van der Waals surface area contributed by atoms with Gasteiger partial charge in [0.25, 0.3) is 0 Å². The van der Waals surface area contributed by atoms with Crippen LogP contribution < -0.4 is 0 Å². The predicted octanol–water partition coefficient (Wildman–Crippen LogP) is 4.81. The van der Waals surface area contributed by atoms with Crippen molar-refractivity contribution in [1.29, 1.82) is 0 Å². The van der Waals surface area contributed by atoms with Gasteiger partial charge in [0, 0.05) is 34.6 Å². The van der Waals surface area contributed by atoms with Crippen molar-refractivity contribution in [1.82, 2.24) is 4.90 Å². The molecule has 2 nitrogen and oxygen atoms in total. The smallest absolute Gasteiger partial charge is 0.164 e. The van der Waals surface area contributed by atoms with Gasteiger partial charge >= 0.3 is 0 Å². The third-order valence-corrected chi connectivity index (χ3v) is 4.31. The number of Topliss-reactive ketones (excluding diaryl/α,β-unsaturated/α-hetero) is 1. The Morgan fingerprint density at radius 2 is 1.81 bits per heavy atom. The normalized spacial score (nSPS) is 10.9. The Balaban J connectivity index is 1.86. The summed E-state index contributed by atoms with van der Waals surface area (Å²) in [6.07, 6.45) is 0.503. The van der Waals surface area contributed by atoms with Crippen molar-refractivity contribution in [3.8, 4) is 0 Å². The van der Waals surface area contributed by atoms with E-state index in [9.17, 15) is 4.79 Å². The van der Waals surface area contributed by atoms with Gasteiger partial charge in [-0.2, -0.15) is 0 Å². The monoisotopic (exact) mass is 365 g/mol. The highest BCUT2D eigenvalue weighted by Crippen LogP contribution is 2.17. The van der Waals surface area contributed by atoms with E-state index in [1.165, 1.54) is 5.56 Å².